The molecule has 0 radical (unpaired) electrons. The Bertz CT molecular complexity index is 1120. The average Bonchev–Trinajstić information content (AvgIpc) is 3.18. The van der Waals surface area contributed by atoms with E-state index in [0.717, 1.165) is 27.2 Å². The van der Waals surface area contributed by atoms with Crippen molar-refractivity contribution in [3.8, 4) is 16.3 Å². The number of thiazole rings is 1. The molecule has 0 saturated heterocycles. The number of benzene rings is 3. The van der Waals surface area contributed by atoms with Crippen LogP contribution in [0, 0.1) is 13.8 Å². The maximum absolute atomic E-state index is 12.1. The average molecular weight is 403 g/mol. The molecule has 0 saturated carbocycles. The van der Waals surface area contributed by atoms with Gasteiger partial charge in [-0.15, -0.1) is 11.3 Å². The van der Waals surface area contributed by atoms with Crippen LogP contribution in [-0.2, 0) is 11.3 Å². The van der Waals surface area contributed by atoms with Crippen molar-refractivity contribution in [1.82, 2.24) is 10.3 Å². The van der Waals surface area contributed by atoms with Crippen molar-refractivity contribution in [3.63, 3.8) is 0 Å². The summed E-state index contributed by atoms with van der Waals surface area (Å²) in [6, 6.07) is 22.1. The van der Waals surface area contributed by atoms with E-state index < -0.39 is 0 Å². The number of carbonyl (C=O) groups is 1. The smallest absolute Gasteiger partial charge is 0.258 e. The van der Waals surface area contributed by atoms with Crippen LogP contribution in [-0.4, -0.2) is 17.5 Å². The van der Waals surface area contributed by atoms with E-state index in [-0.39, 0.29) is 12.5 Å². The van der Waals surface area contributed by atoms with Crippen LogP contribution >= 0.6 is 11.3 Å². The molecule has 4 aromatic rings. The summed E-state index contributed by atoms with van der Waals surface area (Å²) in [5, 5.41) is 3.90. The first-order chi connectivity index (χ1) is 14.1. The number of rotatable bonds is 6. The molecule has 1 aromatic heterocycles. The molecular weight excluding hydrogens is 380 g/mol. The molecule has 5 heteroatoms. The summed E-state index contributed by atoms with van der Waals surface area (Å²) < 4.78 is 6.76. The Morgan fingerprint density at radius 3 is 2.55 bits per heavy atom. The molecule has 3 aromatic carbocycles. The van der Waals surface area contributed by atoms with Crippen molar-refractivity contribution in [2.45, 2.75) is 20.4 Å². The molecule has 1 amide bonds. The van der Waals surface area contributed by atoms with E-state index in [1.165, 1.54) is 10.3 Å². The number of ether oxygens (including phenoxy) is 1. The zero-order valence-corrected chi connectivity index (χ0v) is 17.3. The summed E-state index contributed by atoms with van der Waals surface area (Å²) >= 11 is 1.68. The highest BCUT2D eigenvalue weighted by molar-refractivity contribution is 7.21. The molecule has 0 spiro atoms. The summed E-state index contributed by atoms with van der Waals surface area (Å²) in [7, 11) is 0. The van der Waals surface area contributed by atoms with Crippen LogP contribution in [0.25, 0.3) is 20.8 Å². The van der Waals surface area contributed by atoms with E-state index in [2.05, 4.69) is 16.4 Å². The maximum Gasteiger partial charge on any atom is 0.258 e. The van der Waals surface area contributed by atoms with Gasteiger partial charge in [-0.1, -0.05) is 42.5 Å². The van der Waals surface area contributed by atoms with Gasteiger partial charge in [0.15, 0.2) is 6.61 Å². The quantitative estimate of drug-likeness (QED) is 0.478. The van der Waals surface area contributed by atoms with Gasteiger partial charge in [0.05, 0.1) is 10.2 Å². The fraction of sp³-hybridized carbons (Fsp3) is 0.167. The monoisotopic (exact) mass is 402 g/mol. The second kappa shape index (κ2) is 8.45. The number of hydrogen-bond donors (Lipinski definition) is 1. The molecule has 1 heterocycles. The zero-order valence-electron chi connectivity index (χ0n) is 16.4. The molecule has 0 fully saturated rings. The number of hydrogen-bond acceptors (Lipinski definition) is 4. The summed E-state index contributed by atoms with van der Waals surface area (Å²) in [6.07, 6.45) is 0. The summed E-state index contributed by atoms with van der Waals surface area (Å²) in [5.41, 5.74) is 5.49. The van der Waals surface area contributed by atoms with Gasteiger partial charge >= 0.3 is 0 Å². The van der Waals surface area contributed by atoms with Gasteiger partial charge in [0.25, 0.3) is 5.91 Å². The van der Waals surface area contributed by atoms with Crippen LogP contribution in [0.4, 0.5) is 0 Å². The topological polar surface area (TPSA) is 51.2 Å². The molecule has 1 N–H and O–H groups in total. The Balaban J connectivity index is 1.31. The normalized spacial score (nSPS) is 10.8. The fourth-order valence-corrected chi connectivity index (χ4v) is 3.94. The SMILES string of the molecule is Cc1ccc(OCC(=O)NCc2ccc(-c3nc4ccccc4s3)cc2)cc1C. The molecule has 146 valence electrons. The predicted molar refractivity (Wildman–Crippen MR) is 118 cm³/mol. The van der Waals surface area contributed by atoms with Crippen LogP contribution in [0.15, 0.2) is 66.7 Å². The minimum absolute atomic E-state index is 0.00624. The molecule has 4 rings (SSSR count). The number of carbonyl (C=O) groups excluding carboxylic acids is 1. The van der Waals surface area contributed by atoms with Crippen LogP contribution in [0.1, 0.15) is 16.7 Å². The highest BCUT2D eigenvalue weighted by Gasteiger charge is 2.07. The minimum Gasteiger partial charge on any atom is -0.484 e. The van der Waals surface area contributed by atoms with Crippen LogP contribution in [0.5, 0.6) is 5.75 Å². The number of nitrogens with one attached hydrogen (secondary N) is 1. The predicted octanol–water partition coefficient (Wildman–Crippen LogP) is 5.28. The second-order valence-corrected chi connectivity index (χ2v) is 8.03. The Morgan fingerprint density at radius 1 is 1.00 bits per heavy atom. The van der Waals surface area contributed by atoms with Gasteiger partial charge in [-0.3, -0.25) is 4.79 Å². The van der Waals surface area contributed by atoms with Gasteiger partial charge in [0, 0.05) is 12.1 Å². The van der Waals surface area contributed by atoms with E-state index >= 15 is 0 Å². The molecule has 29 heavy (non-hydrogen) atoms. The number of aromatic nitrogens is 1. The number of fused-ring (bicyclic) bond motifs is 1. The lowest BCUT2D eigenvalue weighted by atomic mass is 10.1. The van der Waals surface area contributed by atoms with Crippen molar-refractivity contribution in [2.24, 2.45) is 0 Å². The number of amides is 1. The summed E-state index contributed by atoms with van der Waals surface area (Å²) in [5.74, 6) is 0.571. The van der Waals surface area contributed by atoms with Crippen molar-refractivity contribution in [2.75, 3.05) is 6.61 Å². The second-order valence-electron chi connectivity index (χ2n) is 7.00. The lowest BCUT2D eigenvalue weighted by Gasteiger charge is -2.09. The Kier molecular flexibility index (Phi) is 5.58. The highest BCUT2D eigenvalue weighted by atomic mass is 32.1. The van der Waals surface area contributed by atoms with E-state index in [1.54, 1.807) is 11.3 Å². The maximum atomic E-state index is 12.1. The summed E-state index contributed by atoms with van der Waals surface area (Å²) in [4.78, 5) is 16.8. The first kappa shape index (κ1) is 19.2. The summed E-state index contributed by atoms with van der Waals surface area (Å²) in [6.45, 7) is 4.55. The third kappa shape index (κ3) is 4.63. The molecule has 0 atom stereocenters. The van der Waals surface area contributed by atoms with Gasteiger partial charge in [0.1, 0.15) is 10.8 Å². The van der Waals surface area contributed by atoms with E-state index in [9.17, 15) is 4.79 Å². The highest BCUT2D eigenvalue weighted by Crippen LogP contribution is 2.30. The van der Waals surface area contributed by atoms with E-state index in [0.29, 0.717) is 12.3 Å². The molecule has 4 nitrogen and oxygen atoms in total. The first-order valence-corrected chi connectivity index (χ1v) is 10.3. The number of nitrogens with zero attached hydrogens (tertiary/aromatic N) is 1. The molecule has 0 aliphatic carbocycles. The van der Waals surface area contributed by atoms with Crippen LogP contribution < -0.4 is 10.1 Å². The van der Waals surface area contributed by atoms with Gasteiger partial charge < -0.3 is 10.1 Å². The van der Waals surface area contributed by atoms with E-state index in [4.69, 9.17) is 4.74 Å². The van der Waals surface area contributed by atoms with Gasteiger partial charge in [-0.2, -0.15) is 0 Å². The third-order valence-corrected chi connectivity index (χ3v) is 5.92. The Morgan fingerprint density at radius 2 is 1.79 bits per heavy atom. The number of para-hydroxylation sites is 1. The first-order valence-electron chi connectivity index (χ1n) is 9.50. The van der Waals surface area contributed by atoms with Crippen LogP contribution in [0.3, 0.4) is 0 Å². The van der Waals surface area contributed by atoms with Gasteiger partial charge in [0.2, 0.25) is 0 Å². The fourth-order valence-electron chi connectivity index (χ4n) is 2.97. The molecule has 0 bridgehead atoms. The van der Waals surface area contributed by atoms with Crippen molar-refractivity contribution in [3.05, 3.63) is 83.4 Å². The van der Waals surface area contributed by atoms with Crippen molar-refractivity contribution >= 4 is 27.5 Å². The van der Waals surface area contributed by atoms with Gasteiger partial charge in [-0.05, 0) is 54.8 Å². The Hall–Kier alpha value is -3.18. The third-order valence-electron chi connectivity index (χ3n) is 4.83. The lowest BCUT2D eigenvalue weighted by molar-refractivity contribution is -0.123. The lowest BCUT2D eigenvalue weighted by Crippen LogP contribution is -2.28. The van der Waals surface area contributed by atoms with Gasteiger partial charge in [-0.25, -0.2) is 4.98 Å². The standard InChI is InChI=1S/C24H22N2O2S/c1-16-7-12-20(13-17(16)2)28-15-23(27)25-14-18-8-10-19(11-9-18)24-26-21-5-3-4-6-22(21)29-24/h3-13H,14-15H2,1-2H3,(H,25,27). The minimum atomic E-state index is -0.140. The van der Waals surface area contributed by atoms with E-state index in [1.807, 2.05) is 74.5 Å². The number of aryl methyl sites for hydroxylation is 2. The molecular formula is C24H22N2O2S. The zero-order chi connectivity index (χ0) is 20.2. The molecule has 0 unspecified atom stereocenters. The molecule has 0 aliphatic heterocycles. The Labute approximate surface area is 174 Å². The van der Waals surface area contributed by atoms with Crippen molar-refractivity contribution < 1.29 is 9.53 Å². The van der Waals surface area contributed by atoms with Crippen molar-refractivity contribution in [1.29, 1.82) is 0 Å². The largest absolute Gasteiger partial charge is 0.484 e. The van der Waals surface area contributed by atoms with Crippen LogP contribution in [0.2, 0.25) is 0 Å². The molecule has 0 aliphatic rings.